The highest BCUT2D eigenvalue weighted by Gasteiger charge is 2.54. The molecule has 9 nitrogen and oxygen atoms in total. The predicted octanol–water partition coefficient (Wildman–Crippen LogP) is 4.84. The summed E-state index contributed by atoms with van der Waals surface area (Å²) in [5.74, 6) is -7.03. The zero-order valence-electron chi connectivity index (χ0n) is 23.8. The van der Waals surface area contributed by atoms with E-state index in [9.17, 15) is 54.4 Å². The molecule has 45 heavy (non-hydrogen) atoms. The van der Waals surface area contributed by atoms with Crippen molar-refractivity contribution in [3.05, 3.63) is 41.9 Å². The van der Waals surface area contributed by atoms with Crippen LogP contribution in [0.2, 0.25) is 0 Å². The Kier molecular flexibility index (Phi) is 10.2. The van der Waals surface area contributed by atoms with E-state index < -0.39 is 35.7 Å². The molecule has 18 heteroatoms. The highest BCUT2D eigenvalue weighted by molar-refractivity contribution is 6.41. The summed E-state index contributed by atoms with van der Waals surface area (Å²) in [6, 6.07) is 7.48. The fraction of sp³-hybridized carbons (Fsp3) is 0.444. The van der Waals surface area contributed by atoms with Gasteiger partial charge in [-0.1, -0.05) is 0 Å². The Balaban J connectivity index is 0.000000392. The molecule has 0 atom stereocenters. The van der Waals surface area contributed by atoms with Crippen LogP contribution in [-0.4, -0.2) is 81.7 Å². The third-order valence-electron chi connectivity index (χ3n) is 6.44. The molecule has 3 heterocycles. The molecule has 1 saturated heterocycles. The van der Waals surface area contributed by atoms with Crippen LogP contribution in [0.5, 0.6) is 5.75 Å². The summed E-state index contributed by atoms with van der Waals surface area (Å²) in [4.78, 5) is 29.8. The van der Waals surface area contributed by atoms with Crippen molar-refractivity contribution in [3.63, 3.8) is 0 Å². The summed E-state index contributed by atoms with van der Waals surface area (Å²) in [7, 11) is 1.75. The van der Waals surface area contributed by atoms with Crippen LogP contribution in [0.4, 0.5) is 39.5 Å². The molecule has 244 valence electrons. The first-order valence-electron chi connectivity index (χ1n) is 12.9. The number of piperazine rings is 1. The number of Topliss-reactive ketones (excluding diaryl/α,β-unsaturated/α-hetero) is 2. The van der Waals surface area contributed by atoms with Crippen LogP contribution in [0.25, 0.3) is 22.3 Å². The number of rotatable bonds is 6. The van der Waals surface area contributed by atoms with Gasteiger partial charge in [0.1, 0.15) is 23.9 Å². The van der Waals surface area contributed by atoms with Gasteiger partial charge in [0.25, 0.3) is 0 Å². The lowest BCUT2D eigenvalue weighted by Gasteiger charge is -2.39. The van der Waals surface area contributed by atoms with E-state index >= 15 is 0 Å². The molecule has 1 aliphatic rings. The number of fused-ring (bicyclic) bond motifs is 1. The fourth-order valence-electron chi connectivity index (χ4n) is 4.37. The van der Waals surface area contributed by atoms with Crippen molar-refractivity contribution in [2.45, 2.75) is 37.9 Å². The van der Waals surface area contributed by atoms with Crippen LogP contribution < -0.4 is 10.1 Å². The van der Waals surface area contributed by atoms with Crippen LogP contribution in [0.1, 0.15) is 25.1 Å². The second-order valence-electron chi connectivity index (χ2n) is 10.5. The normalized spacial score (nSPS) is 15.6. The van der Waals surface area contributed by atoms with Crippen LogP contribution in [0.3, 0.4) is 0 Å². The van der Waals surface area contributed by atoms with Crippen molar-refractivity contribution in [3.8, 4) is 23.1 Å². The highest BCUT2D eigenvalue weighted by atomic mass is 19.4. The van der Waals surface area contributed by atoms with Gasteiger partial charge in [-0.2, -0.15) is 44.8 Å². The SMILES string of the molecule is Cn1cnc2c(C#N)nc(-c3ccc(OCCN4CCNC(C)(C)C4)c(C(F)(F)F)c3)cc21.O=C(C(=O)C(F)(F)F)C(F)(F)F. The number of hydrogen-bond acceptors (Lipinski definition) is 8. The van der Waals surface area contributed by atoms with Crippen molar-refractivity contribution in [2.75, 3.05) is 32.8 Å². The van der Waals surface area contributed by atoms with Crippen molar-refractivity contribution in [2.24, 2.45) is 7.05 Å². The van der Waals surface area contributed by atoms with Gasteiger partial charge in [-0.3, -0.25) is 14.5 Å². The molecule has 0 unspecified atom stereocenters. The number of pyridine rings is 1. The minimum atomic E-state index is -5.77. The molecule has 0 radical (unpaired) electrons. The molecule has 0 saturated carbocycles. The van der Waals surface area contributed by atoms with E-state index in [1.165, 1.54) is 18.5 Å². The van der Waals surface area contributed by atoms with E-state index in [4.69, 9.17) is 4.74 Å². The molecule has 0 aliphatic carbocycles. The summed E-state index contributed by atoms with van der Waals surface area (Å²) < 4.78 is 116. The van der Waals surface area contributed by atoms with E-state index in [-0.39, 0.29) is 34.8 Å². The number of nitriles is 1. The number of ketones is 2. The standard InChI is InChI=1S/C23H25F3N6O.C4F6O2/c1-22(2)13-32(7-6-29-22)8-9-33-20-5-4-15(10-16(20)23(24,25)26)17-11-19-21(18(12-27)30-17)28-14-31(19)3;5-3(6,7)1(11)2(12)4(8,9)10/h4-5,10-11,14,29H,6-9,13H2,1-3H3;. The second-order valence-corrected chi connectivity index (χ2v) is 10.5. The van der Waals surface area contributed by atoms with Gasteiger partial charge >= 0.3 is 30.1 Å². The topological polar surface area (TPSA) is 113 Å². The Bertz CT molecular complexity index is 1580. The molecule has 1 fully saturated rings. The van der Waals surface area contributed by atoms with Gasteiger partial charge in [-0.25, -0.2) is 9.97 Å². The van der Waals surface area contributed by atoms with Crippen molar-refractivity contribution in [1.29, 1.82) is 5.26 Å². The molecular weight excluding hydrogens is 627 g/mol. The molecule has 2 aromatic heterocycles. The maximum absolute atomic E-state index is 13.9. The van der Waals surface area contributed by atoms with Gasteiger partial charge in [0.2, 0.25) is 0 Å². The Labute approximate surface area is 249 Å². The Morgan fingerprint density at radius 2 is 1.67 bits per heavy atom. The molecule has 1 aliphatic heterocycles. The number of nitrogens with zero attached hydrogens (tertiary/aromatic N) is 5. The number of aromatic nitrogens is 3. The van der Waals surface area contributed by atoms with E-state index in [1.54, 1.807) is 17.7 Å². The number of halogens is 9. The Morgan fingerprint density at radius 1 is 1.04 bits per heavy atom. The molecule has 0 amide bonds. The molecule has 0 bridgehead atoms. The largest absolute Gasteiger partial charge is 0.492 e. The number of carbonyl (C=O) groups excluding carboxylic acids is 2. The number of carbonyl (C=O) groups is 2. The zero-order valence-corrected chi connectivity index (χ0v) is 23.8. The number of alkyl halides is 9. The third-order valence-corrected chi connectivity index (χ3v) is 6.44. The number of hydrogen-bond donors (Lipinski definition) is 1. The number of aryl methyl sites for hydroxylation is 1. The van der Waals surface area contributed by atoms with Crippen LogP contribution in [0.15, 0.2) is 30.6 Å². The lowest BCUT2D eigenvalue weighted by molar-refractivity contribution is -0.193. The summed E-state index contributed by atoms with van der Waals surface area (Å²) >= 11 is 0. The van der Waals surface area contributed by atoms with Crippen LogP contribution >= 0.6 is 0 Å². The van der Waals surface area contributed by atoms with Gasteiger partial charge in [0.15, 0.2) is 5.69 Å². The molecular formula is C27H25F9N6O3. The van der Waals surface area contributed by atoms with E-state index in [0.717, 1.165) is 25.7 Å². The quantitative estimate of drug-likeness (QED) is 0.298. The third kappa shape index (κ3) is 8.91. The van der Waals surface area contributed by atoms with E-state index in [2.05, 4.69) is 34.0 Å². The fourth-order valence-corrected chi connectivity index (χ4v) is 4.37. The van der Waals surface area contributed by atoms with Crippen LogP contribution in [-0.2, 0) is 22.8 Å². The molecule has 4 rings (SSSR count). The van der Waals surface area contributed by atoms with Gasteiger partial charge in [-0.05, 0) is 38.1 Å². The first-order chi connectivity index (χ1) is 20.6. The number of imidazole rings is 1. The number of ether oxygens (including phenoxy) is 1. The Morgan fingerprint density at radius 3 is 2.20 bits per heavy atom. The lowest BCUT2D eigenvalue weighted by atomic mass is 10.0. The van der Waals surface area contributed by atoms with Gasteiger partial charge in [-0.15, -0.1) is 0 Å². The smallest absolute Gasteiger partial charge is 0.458 e. The second kappa shape index (κ2) is 13.0. The summed E-state index contributed by atoms with van der Waals surface area (Å²) in [6.07, 6.45) is -14.6. The average molecular weight is 653 g/mol. The van der Waals surface area contributed by atoms with Gasteiger partial charge < -0.3 is 14.6 Å². The number of benzene rings is 1. The lowest BCUT2D eigenvalue weighted by Crippen LogP contribution is -2.57. The molecule has 1 aromatic carbocycles. The Hall–Kier alpha value is -4.24. The summed E-state index contributed by atoms with van der Waals surface area (Å²) in [6.45, 7) is 7.31. The number of nitrogens with one attached hydrogen (secondary N) is 1. The highest BCUT2D eigenvalue weighted by Crippen LogP contribution is 2.39. The van der Waals surface area contributed by atoms with E-state index in [1.807, 2.05) is 6.07 Å². The molecule has 0 spiro atoms. The van der Waals surface area contributed by atoms with Crippen molar-refractivity contribution >= 4 is 22.6 Å². The zero-order chi connectivity index (χ0) is 34.0. The predicted molar refractivity (Wildman–Crippen MR) is 140 cm³/mol. The maximum atomic E-state index is 13.9. The minimum absolute atomic E-state index is 0.0404. The van der Waals surface area contributed by atoms with Gasteiger partial charge in [0.05, 0.1) is 23.1 Å². The first kappa shape index (κ1) is 35.2. The maximum Gasteiger partial charge on any atom is 0.458 e. The minimum Gasteiger partial charge on any atom is -0.492 e. The van der Waals surface area contributed by atoms with Crippen molar-refractivity contribution < 1.29 is 53.8 Å². The summed E-state index contributed by atoms with van der Waals surface area (Å²) in [5, 5.41) is 12.8. The molecule has 1 N–H and O–H groups in total. The van der Waals surface area contributed by atoms with Gasteiger partial charge in [0, 0.05) is 44.3 Å². The average Bonchev–Trinajstić information content (AvgIpc) is 3.30. The first-order valence-corrected chi connectivity index (χ1v) is 12.9. The summed E-state index contributed by atoms with van der Waals surface area (Å²) in [5.41, 5.74) is 0.699. The van der Waals surface area contributed by atoms with Crippen molar-refractivity contribution in [1.82, 2.24) is 24.8 Å². The molecule has 3 aromatic rings. The van der Waals surface area contributed by atoms with E-state index in [0.29, 0.717) is 17.6 Å². The monoisotopic (exact) mass is 652 g/mol. The van der Waals surface area contributed by atoms with Crippen LogP contribution in [0, 0.1) is 11.3 Å².